The van der Waals surface area contributed by atoms with Crippen molar-refractivity contribution in [2.24, 2.45) is 10.8 Å². The smallest absolute Gasteiger partial charge is 0.314 e. The number of carbonyl (C=O) groups is 6. The van der Waals surface area contributed by atoms with Crippen molar-refractivity contribution in [3.8, 4) is 0 Å². The minimum atomic E-state index is -4.07. The normalized spacial score (nSPS) is 12.0. The van der Waals surface area contributed by atoms with Crippen LogP contribution in [0.15, 0.2) is 0 Å². The molecule has 664 valence electrons. The molecule has 34 nitrogen and oxygen atoms in total. The predicted molar refractivity (Wildman–Crippen MR) is 411 cm³/mol. The lowest BCUT2D eigenvalue weighted by Gasteiger charge is -2.28. The average molecular weight is 1640 g/mol. The predicted octanol–water partition coefficient (Wildman–Crippen LogP) is 1.30. The van der Waals surface area contributed by atoms with Crippen molar-refractivity contribution in [3.05, 3.63) is 0 Å². The first-order valence-electron chi connectivity index (χ1n) is 39.0. The number of aliphatic carboxylic acids is 6. The first kappa shape index (κ1) is 122. The van der Waals surface area contributed by atoms with Gasteiger partial charge in [-0.3, -0.25) is 9.59 Å². The Hall–Kier alpha value is -4.00. The average Bonchev–Trinajstić information content (AvgIpc) is 0.872. The highest BCUT2D eigenvalue weighted by molar-refractivity contribution is 7.85. The Labute approximate surface area is 662 Å². The van der Waals surface area contributed by atoms with Crippen LogP contribution < -0.4 is 20.4 Å². The van der Waals surface area contributed by atoms with Crippen LogP contribution in [0.1, 0.15) is 221 Å². The van der Waals surface area contributed by atoms with Crippen LogP contribution >= 0.6 is 0 Å². The standard InChI is InChI=1S/C15H33NO4S.C13H27NO3.C12H27NO4S.C10H21NO3.C7H15NO3.C6H13NO3.C6H12O4.C5H10O4/c1-4-5-6-7-8-9-11-14-20-16(2,3)13-10-12-15-21(17,18)19;1-4-5-6-7-8-9-10-11-17-14(2,3)12-13(15)16;1-4-5-6-8-11-17-13(2,3)10-7-9-12-18(14,15)16;1-4-5-6-7-8-14-11(2,3)9-10(12)13;1-8(2,5-6-9)4-3-7(10)11;1-7(2,3-4-8)5-6(9)10;1-2-6(3-7,4-8)5(9)10;1-5(2-6,3-7)4(8)9/h4-15H2,1-3H3;4-12H2,1-3H3;4-12H2,1-3H3;4-9H2,1-3H3;9H,3-6H2,1-2H3;8H,3-5H2,1-2H3;7-8H,2-4H2,1H3,(H,9,10);6-7H,2-3H2,1H3,(H,8,9). The van der Waals surface area contributed by atoms with E-state index in [2.05, 4.69) is 27.7 Å². The van der Waals surface area contributed by atoms with Crippen LogP contribution in [0.3, 0.4) is 0 Å². The summed E-state index contributed by atoms with van der Waals surface area (Å²) in [6.45, 7) is 15.0. The van der Waals surface area contributed by atoms with E-state index < -0.39 is 93.3 Å². The van der Waals surface area contributed by atoms with Crippen LogP contribution in [0.25, 0.3) is 0 Å². The van der Waals surface area contributed by atoms with Gasteiger partial charge in [0.15, 0.2) is 0 Å². The Morgan fingerprint density at radius 1 is 0.336 bits per heavy atom. The zero-order valence-corrected chi connectivity index (χ0v) is 72.8. The van der Waals surface area contributed by atoms with E-state index >= 15 is 0 Å². The molecule has 0 aromatic heterocycles. The van der Waals surface area contributed by atoms with E-state index in [4.69, 9.17) is 60.2 Å². The summed E-state index contributed by atoms with van der Waals surface area (Å²) in [5.41, 5.74) is -2.74. The fourth-order valence-electron chi connectivity index (χ4n) is 9.03. The van der Waals surface area contributed by atoms with E-state index in [0.29, 0.717) is 72.3 Å². The second-order valence-electron chi connectivity index (χ2n) is 31.0. The van der Waals surface area contributed by atoms with E-state index in [0.717, 1.165) is 64.8 Å². The number of carboxylic acid groups (broad SMARTS) is 6. The Morgan fingerprint density at radius 2 is 0.609 bits per heavy atom. The lowest BCUT2D eigenvalue weighted by molar-refractivity contribution is -1.08. The number of carboxylic acids is 6. The summed E-state index contributed by atoms with van der Waals surface area (Å²) in [6.07, 6.45) is 29.1. The Bertz CT molecular complexity index is 2460. The number of hydroxylamine groups is 12. The molecular weight excluding hydrogens is 1480 g/mol. The second kappa shape index (κ2) is 71.5. The zero-order chi connectivity index (χ0) is 87.2. The topological polar surface area (TPSA) is 508 Å². The van der Waals surface area contributed by atoms with E-state index in [1.54, 1.807) is 49.2 Å². The van der Waals surface area contributed by atoms with Gasteiger partial charge in [-0.05, 0) is 51.9 Å². The molecule has 0 bridgehead atoms. The van der Waals surface area contributed by atoms with E-state index in [-0.39, 0.29) is 71.0 Å². The number of carbonyl (C=O) groups excluding carboxylic acids is 4. The van der Waals surface area contributed by atoms with Gasteiger partial charge in [0.1, 0.15) is 83.1 Å². The quantitative estimate of drug-likeness (QED) is 0.0184. The monoisotopic (exact) mass is 1640 g/mol. The molecule has 0 aromatic carbocycles. The van der Waals surface area contributed by atoms with Gasteiger partial charge in [0.25, 0.3) is 0 Å². The molecule has 0 fully saturated rings. The molecule has 0 amide bonds. The summed E-state index contributed by atoms with van der Waals surface area (Å²) in [5, 5.41) is 109. The van der Waals surface area contributed by atoms with Gasteiger partial charge in [-0.2, -0.15) is 18.6 Å². The first-order valence-corrected chi connectivity index (χ1v) is 42.1. The van der Waals surface area contributed by atoms with E-state index in [1.165, 1.54) is 110 Å². The third-order valence-electron chi connectivity index (χ3n) is 16.8. The second-order valence-corrected chi connectivity index (χ2v) is 34.1. The number of hydrogen-bond acceptors (Lipinski definition) is 26. The summed E-state index contributed by atoms with van der Waals surface area (Å²) in [6, 6.07) is 0. The van der Waals surface area contributed by atoms with Crippen LogP contribution in [0, 0.1) is 10.8 Å². The van der Waals surface area contributed by atoms with Gasteiger partial charge < -0.3 is 98.5 Å². The number of rotatable bonds is 60. The number of nitrogens with zero attached hydrogens (tertiary/aromatic N) is 6. The largest absolute Gasteiger partial charge is 0.748 e. The Balaban J connectivity index is -0.000000183. The SMILES string of the molecule is CC(CO)(CO)C(=O)O.CCC(CO)(CO)C(=O)O.CCCCCCCCCO[N+](C)(C)CC(=O)[O-].CCCCCCCCCO[N+](C)(C)CCCCS(=O)(=O)[O-].CCCCCCO[N+](C)(C)CC(=O)[O-].CCCCCCO[N+](C)(C)CCCCS(=O)(=O)[O-].C[N+](C)(CCO)CC(=O)[O-].C[N+](C)(CCO)CCC(=O)[O-]. The molecular formula is C74H158N6O28S2. The number of quaternary nitrogens is 6. The molecule has 36 heteroatoms. The van der Waals surface area contributed by atoms with Crippen molar-refractivity contribution >= 4 is 56.1 Å². The highest BCUT2D eigenvalue weighted by atomic mass is 32.2. The summed E-state index contributed by atoms with van der Waals surface area (Å²) < 4.78 is 64.5. The molecule has 0 atom stereocenters. The minimum absolute atomic E-state index is 0.000278. The van der Waals surface area contributed by atoms with Crippen molar-refractivity contribution in [2.75, 3.05) is 215 Å². The third kappa shape index (κ3) is 94.6. The summed E-state index contributed by atoms with van der Waals surface area (Å²) in [5.74, 6) is -7.16. The van der Waals surface area contributed by atoms with Crippen LogP contribution in [-0.4, -0.2) is 345 Å². The highest BCUT2D eigenvalue weighted by Gasteiger charge is 2.35. The molecule has 110 heavy (non-hydrogen) atoms. The number of aliphatic hydroxyl groups excluding tert-OH is 6. The molecule has 0 saturated heterocycles. The van der Waals surface area contributed by atoms with Crippen molar-refractivity contribution < 1.29 is 163 Å². The van der Waals surface area contributed by atoms with Gasteiger partial charge in [-0.15, -0.1) is 0 Å². The van der Waals surface area contributed by atoms with Crippen molar-refractivity contribution in [3.63, 3.8) is 0 Å². The maximum atomic E-state index is 10.5. The van der Waals surface area contributed by atoms with Gasteiger partial charge >= 0.3 is 11.9 Å². The number of aliphatic hydroxyl groups is 6. The molecule has 8 N–H and O–H groups in total. The lowest BCUT2D eigenvalue weighted by atomic mass is 9.87. The molecule has 0 saturated carbocycles. The molecule has 0 radical (unpaired) electrons. The molecule has 0 aliphatic heterocycles. The minimum Gasteiger partial charge on any atom is -0.748 e. The summed E-state index contributed by atoms with van der Waals surface area (Å²) in [7, 11) is 13.8. The van der Waals surface area contributed by atoms with Gasteiger partial charge in [0, 0.05) is 36.7 Å². The molecule has 0 heterocycles. The fourth-order valence-corrected chi connectivity index (χ4v) is 10.1. The number of unbranched alkanes of at least 4 members (excludes halogenated alkanes) is 20. The van der Waals surface area contributed by atoms with Crippen LogP contribution in [0.4, 0.5) is 0 Å². The maximum Gasteiger partial charge on any atom is 0.314 e. The highest BCUT2D eigenvalue weighted by Crippen LogP contribution is 2.20. The Morgan fingerprint density at radius 3 is 0.818 bits per heavy atom. The number of hydrogen-bond donors (Lipinski definition) is 8. The molecule has 0 aliphatic carbocycles. The van der Waals surface area contributed by atoms with E-state index in [9.17, 15) is 75.1 Å². The fraction of sp³-hybridized carbons (Fsp3) is 0.919. The van der Waals surface area contributed by atoms with E-state index in [1.807, 2.05) is 42.3 Å². The third-order valence-corrected chi connectivity index (χ3v) is 18.4. The molecule has 0 aromatic rings. The van der Waals surface area contributed by atoms with Gasteiger partial charge in [-0.1, -0.05) is 150 Å². The molecule has 0 unspecified atom stereocenters. The zero-order valence-electron chi connectivity index (χ0n) is 71.2. The molecule has 0 spiro atoms. The summed E-state index contributed by atoms with van der Waals surface area (Å²) in [4.78, 5) is 83.9. The van der Waals surface area contributed by atoms with Gasteiger partial charge in [0.05, 0.1) is 169 Å². The van der Waals surface area contributed by atoms with Crippen molar-refractivity contribution in [1.82, 2.24) is 0 Å². The van der Waals surface area contributed by atoms with Gasteiger partial charge in [0.2, 0.25) is 0 Å². The lowest BCUT2D eigenvalue weighted by Crippen LogP contribution is -2.49. The van der Waals surface area contributed by atoms with Crippen LogP contribution in [0.5, 0.6) is 0 Å². The molecule has 0 aliphatic rings. The van der Waals surface area contributed by atoms with Crippen LogP contribution in [-0.2, 0) is 68.4 Å². The van der Waals surface area contributed by atoms with Crippen LogP contribution in [0.2, 0.25) is 0 Å². The maximum absolute atomic E-state index is 10.5. The van der Waals surface area contributed by atoms with Crippen molar-refractivity contribution in [2.45, 2.75) is 221 Å². The van der Waals surface area contributed by atoms with Crippen molar-refractivity contribution in [1.29, 1.82) is 0 Å². The first-order chi connectivity index (χ1) is 50.6. The summed E-state index contributed by atoms with van der Waals surface area (Å²) >= 11 is 0. The number of likely N-dealkylation sites (N-methyl/N-ethyl adjacent to an activating group) is 4. The van der Waals surface area contributed by atoms with Gasteiger partial charge in [-0.25, -0.2) is 36.2 Å². The molecule has 0 rings (SSSR count). The Kier molecular flexibility index (Phi) is 79.1.